The molecular weight excluding hydrogens is 364 g/mol. The zero-order valence-corrected chi connectivity index (χ0v) is 17.1. The minimum atomic E-state index is -0.0310. The quantitative estimate of drug-likeness (QED) is 0.670. The van der Waals surface area contributed by atoms with Crippen molar-refractivity contribution in [1.82, 2.24) is 9.78 Å². The van der Waals surface area contributed by atoms with Gasteiger partial charge < -0.3 is 10.1 Å². The number of nitrogens with zero attached hydrogens (tertiary/aromatic N) is 3. The zero-order valence-electron chi connectivity index (χ0n) is 17.1. The third kappa shape index (κ3) is 4.82. The van der Waals surface area contributed by atoms with Crippen LogP contribution in [0.3, 0.4) is 0 Å². The summed E-state index contributed by atoms with van der Waals surface area (Å²) < 4.78 is 7.67. The van der Waals surface area contributed by atoms with E-state index in [1.165, 1.54) is 0 Å². The van der Waals surface area contributed by atoms with Crippen molar-refractivity contribution in [3.05, 3.63) is 70.5 Å². The molecule has 0 saturated carbocycles. The molecule has 0 aliphatic carbocycles. The lowest BCUT2D eigenvalue weighted by molar-refractivity contribution is -0.116. The molecule has 0 atom stereocenters. The first-order chi connectivity index (χ1) is 13.9. The van der Waals surface area contributed by atoms with Gasteiger partial charge in [-0.05, 0) is 80.8 Å². The van der Waals surface area contributed by atoms with E-state index in [0.717, 1.165) is 28.2 Å². The number of aryl methyl sites for hydroxylation is 3. The van der Waals surface area contributed by atoms with Gasteiger partial charge in [0, 0.05) is 24.8 Å². The van der Waals surface area contributed by atoms with E-state index >= 15 is 0 Å². The van der Waals surface area contributed by atoms with Gasteiger partial charge in [0.2, 0.25) is 5.91 Å². The van der Waals surface area contributed by atoms with E-state index in [0.29, 0.717) is 29.9 Å². The highest BCUT2D eigenvalue weighted by molar-refractivity contribution is 5.91. The van der Waals surface area contributed by atoms with Crippen molar-refractivity contribution in [3.8, 4) is 17.6 Å². The lowest BCUT2D eigenvalue weighted by Gasteiger charge is -2.11. The van der Waals surface area contributed by atoms with Crippen LogP contribution in [0.5, 0.6) is 11.5 Å². The Hall–Kier alpha value is -3.59. The molecule has 6 heteroatoms. The van der Waals surface area contributed by atoms with Crippen molar-refractivity contribution >= 4 is 11.6 Å². The van der Waals surface area contributed by atoms with Crippen LogP contribution in [0.25, 0.3) is 0 Å². The van der Waals surface area contributed by atoms with Crippen LogP contribution in [-0.4, -0.2) is 15.7 Å². The zero-order chi connectivity index (χ0) is 21.0. The molecule has 0 radical (unpaired) electrons. The number of amides is 1. The maximum atomic E-state index is 12.4. The summed E-state index contributed by atoms with van der Waals surface area (Å²) in [6, 6.07) is 14.5. The second-order valence-corrected chi connectivity index (χ2v) is 7.04. The van der Waals surface area contributed by atoms with E-state index < -0.39 is 0 Å². The fourth-order valence-corrected chi connectivity index (χ4v) is 3.20. The summed E-state index contributed by atoms with van der Waals surface area (Å²) >= 11 is 0. The van der Waals surface area contributed by atoms with Crippen LogP contribution in [0.2, 0.25) is 0 Å². The first kappa shape index (κ1) is 20.2. The Labute approximate surface area is 170 Å². The molecule has 2 aromatic carbocycles. The average molecular weight is 388 g/mol. The third-order valence-corrected chi connectivity index (χ3v) is 4.95. The van der Waals surface area contributed by atoms with Crippen LogP contribution in [0.4, 0.5) is 5.69 Å². The van der Waals surface area contributed by atoms with Gasteiger partial charge in [-0.15, -0.1) is 0 Å². The number of rotatable bonds is 6. The summed E-state index contributed by atoms with van der Waals surface area (Å²) in [4.78, 5) is 12.4. The minimum Gasteiger partial charge on any atom is -0.457 e. The van der Waals surface area contributed by atoms with Crippen molar-refractivity contribution in [1.29, 1.82) is 5.26 Å². The second-order valence-electron chi connectivity index (χ2n) is 7.04. The van der Waals surface area contributed by atoms with Gasteiger partial charge in [-0.2, -0.15) is 10.4 Å². The minimum absolute atomic E-state index is 0.0310. The Bertz CT molecular complexity index is 1080. The van der Waals surface area contributed by atoms with Gasteiger partial charge >= 0.3 is 0 Å². The Balaban J connectivity index is 1.61. The number of hydrogen-bond acceptors (Lipinski definition) is 4. The molecule has 3 aromatic rings. The van der Waals surface area contributed by atoms with Gasteiger partial charge in [0.25, 0.3) is 0 Å². The predicted octanol–water partition coefficient (Wildman–Crippen LogP) is 4.58. The summed E-state index contributed by atoms with van der Waals surface area (Å²) in [6.07, 6.45) is 1.06. The largest absolute Gasteiger partial charge is 0.457 e. The number of nitriles is 1. The Morgan fingerprint density at radius 2 is 1.83 bits per heavy atom. The van der Waals surface area contributed by atoms with Crippen molar-refractivity contribution < 1.29 is 9.53 Å². The monoisotopic (exact) mass is 388 g/mol. The standard InChI is InChI=1S/C23H24N4O2/c1-15-13-20(29-19-7-5-18(14-24)6-8-19)9-11-22(15)25-23(28)12-10-21-16(2)26-27(4)17(21)3/h5-9,11,13H,10,12H2,1-4H3,(H,25,28). The van der Waals surface area contributed by atoms with Gasteiger partial charge in [0.15, 0.2) is 0 Å². The van der Waals surface area contributed by atoms with E-state index in [1.54, 1.807) is 24.3 Å². The highest BCUT2D eigenvalue weighted by Gasteiger charge is 2.12. The molecule has 0 spiro atoms. The Kier molecular flexibility index (Phi) is 5.99. The highest BCUT2D eigenvalue weighted by atomic mass is 16.5. The molecule has 29 heavy (non-hydrogen) atoms. The van der Waals surface area contributed by atoms with Gasteiger partial charge in [-0.1, -0.05) is 0 Å². The Morgan fingerprint density at radius 1 is 1.14 bits per heavy atom. The molecule has 0 fully saturated rings. The number of hydrogen-bond donors (Lipinski definition) is 1. The maximum Gasteiger partial charge on any atom is 0.224 e. The van der Waals surface area contributed by atoms with E-state index in [9.17, 15) is 4.79 Å². The molecule has 0 aliphatic rings. The summed E-state index contributed by atoms with van der Waals surface area (Å²) in [5.41, 5.74) is 5.46. The molecule has 3 rings (SSSR count). The number of ether oxygens (including phenoxy) is 1. The number of aromatic nitrogens is 2. The normalized spacial score (nSPS) is 10.4. The van der Waals surface area contributed by atoms with Crippen LogP contribution < -0.4 is 10.1 Å². The van der Waals surface area contributed by atoms with Crippen molar-refractivity contribution in [2.75, 3.05) is 5.32 Å². The molecule has 1 N–H and O–H groups in total. The smallest absolute Gasteiger partial charge is 0.224 e. The summed E-state index contributed by atoms with van der Waals surface area (Å²) in [5.74, 6) is 1.30. The van der Waals surface area contributed by atoms with Crippen LogP contribution >= 0.6 is 0 Å². The van der Waals surface area contributed by atoms with E-state index in [4.69, 9.17) is 10.00 Å². The lowest BCUT2D eigenvalue weighted by Crippen LogP contribution is -2.13. The number of carbonyl (C=O) groups excluding carboxylic acids is 1. The molecule has 1 heterocycles. The molecule has 0 unspecified atom stereocenters. The van der Waals surface area contributed by atoms with E-state index in [-0.39, 0.29) is 5.91 Å². The number of carbonyl (C=O) groups is 1. The molecule has 6 nitrogen and oxygen atoms in total. The van der Waals surface area contributed by atoms with Gasteiger partial charge in [0.05, 0.1) is 17.3 Å². The number of nitrogens with one attached hydrogen (secondary N) is 1. The van der Waals surface area contributed by atoms with Crippen molar-refractivity contribution in [2.24, 2.45) is 7.05 Å². The SMILES string of the molecule is Cc1cc(Oc2ccc(C#N)cc2)ccc1NC(=O)CCc1c(C)nn(C)c1C. The molecule has 0 saturated heterocycles. The van der Waals surface area contributed by atoms with Crippen molar-refractivity contribution in [3.63, 3.8) is 0 Å². The second kappa shape index (κ2) is 8.61. The van der Waals surface area contributed by atoms with Crippen molar-refractivity contribution in [2.45, 2.75) is 33.6 Å². The molecule has 1 amide bonds. The molecule has 148 valence electrons. The third-order valence-electron chi connectivity index (χ3n) is 4.95. The number of anilines is 1. The predicted molar refractivity (Wildman–Crippen MR) is 112 cm³/mol. The van der Waals surface area contributed by atoms with Gasteiger partial charge in [-0.25, -0.2) is 0 Å². The highest BCUT2D eigenvalue weighted by Crippen LogP contribution is 2.26. The van der Waals surface area contributed by atoms with E-state index in [2.05, 4.69) is 16.5 Å². The van der Waals surface area contributed by atoms with Gasteiger partial charge in [-0.3, -0.25) is 9.48 Å². The molecule has 0 aliphatic heterocycles. The fraction of sp³-hybridized carbons (Fsp3) is 0.261. The lowest BCUT2D eigenvalue weighted by atomic mass is 10.1. The average Bonchev–Trinajstić information content (AvgIpc) is 2.94. The number of benzene rings is 2. The summed E-state index contributed by atoms with van der Waals surface area (Å²) in [6.45, 7) is 5.91. The topological polar surface area (TPSA) is 79.9 Å². The van der Waals surface area contributed by atoms with Gasteiger partial charge in [0.1, 0.15) is 11.5 Å². The first-order valence-electron chi connectivity index (χ1n) is 9.45. The summed E-state index contributed by atoms with van der Waals surface area (Å²) in [7, 11) is 1.91. The Morgan fingerprint density at radius 3 is 2.41 bits per heavy atom. The fourth-order valence-electron chi connectivity index (χ4n) is 3.20. The molecular formula is C23H24N4O2. The maximum absolute atomic E-state index is 12.4. The van der Waals surface area contributed by atoms with Crippen LogP contribution in [-0.2, 0) is 18.3 Å². The van der Waals surface area contributed by atoms with E-state index in [1.807, 2.05) is 50.7 Å². The van der Waals surface area contributed by atoms with Crippen LogP contribution in [0, 0.1) is 32.1 Å². The van der Waals surface area contributed by atoms with Crippen LogP contribution in [0.1, 0.15) is 34.5 Å². The summed E-state index contributed by atoms with van der Waals surface area (Å²) in [5, 5.41) is 16.2. The molecule has 0 bridgehead atoms. The molecule has 1 aromatic heterocycles. The first-order valence-corrected chi connectivity index (χ1v) is 9.45. The van der Waals surface area contributed by atoms with Crippen LogP contribution in [0.15, 0.2) is 42.5 Å².